The Labute approximate surface area is 137 Å². The SMILES string of the molecule is Cc1cnc2c(C(=O)Nc3nnc(CCN(C)C)s3)cnn2c1. The van der Waals surface area contributed by atoms with Gasteiger partial charge in [0.05, 0.1) is 6.20 Å². The lowest BCUT2D eigenvalue weighted by atomic mass is 10.3. The maximum Gasteiger partial charge on any atom is 0.262 e. The summed E-state index contributed by atoms with van der Waals surface area (Å²) < 4.78 is 1.59. The summed E-state index contributed by atoms with van der Waals surface area (Å²) in [5.41, 5.74) is 1.91. The first-order valence-electron chi connectivity index (χ1n) is 7.11. The molecule has 0 aliphatic carbocycles. The minimum absolute atomic E-state index is 0.285. The maximum absolute atomic E-state index is 12.4. The molecule has 0 fully saturated rings. The van der Waals surface area contributed by atoms with E-state index in [1.807, 2.05) is 27.2 Å². The van der Waals surface area contributed by atoms with Crippen LogP contribution in [0.5, 0.6) is 0 Å². The fourth-order valence-corrected chi connectivity index (χ4v) is 2.74. The minimum Gasteiger partial charge on any atom is -0.309 e. The molecule has 9 heteroatoms. The Morgan fingerprint density at radius 2 is 2.17 bits per heavy atom. The van der Waals surface area contributed by atoms with Crippen LogP contribution in [0.1, 0.15) is 20.9 Å². The second kappa shape index (κ2) is 6.39. The Morgan fingerprint density at radius 1 is 1.35 bits per heavy atom. The van der Waals surface area contributed by atoms with Crippen molar-refractivity contribution in [2.75, 3.05) is 26.0 Å². The van der Waals surface area contributed by atoms with Crippen LogP contribution >= 0.6 is 11.3 Å². The van der Waals surface area contributed by atoms with Gasteiger partial charge in [0.1, 0.15) is 10.6 Å². The predicted octanol–water partition coefficient (Wildman–Crippen LogP) is 1.25. The average Bonchev–Trinajstić information content (AvgIpc) is 3.11. The summed E-state index contributed by atoms with van der Waals surface area (Å²) in [7, 11) is 4.01. The zero-order valence-corrected chi connectivity index (χ0v) is 14.0. The molecule has 0 spiro atoms. The number of nitrogens with zero attached hydrogens (tertiary/aromatic N) is 6. The minimum atomic E-state index is -0.285. The molecule has 1 amide bonds. The van der Waals surface area contributed by atoms with Gasteiger partial charge in [-0.05, 0) is 26.6 Å². The molecule has 3 aromatic heterocycles. The lowest BCUT2D eigenvalue weighted by Gasteiger charge is -2.05. The van der Waals surface area contributed by atoms with Crippen LogP contribution in [-0.4, -0.2) is 56.2 Å². The van der Waals surface area contributed by atoms with Crippen molar-refractivity contribution in [2.24, 2.45) is 0 Å². The zero-order chi connectivity index (χ0) is 16.4. The molecule has 23 heavy (non-hydrogen) atoms. The summed E-state index contributed by atoms with van der Waals surface area (Å²) in [5, 5.41) is 16.4. The van der Waals surface area contributed by atoms with Crippen molar-refractivity contribution >= 4 is 28.0 Å². The number of likely N-dealkylation sites (N-methyl/N-ethyl adjacent to an activating group) is 1. The quantitative estimate of drug-likeness (QED) is 0.757. The Bertz CT molecular complexity index is 839. The standard InChI is InChI=1S/C14H17N7OS/c1-9-6-15-12-10(7-16-21(12)8-9)13(22)17-14-19-18-11(23-14)4-5-20(2)3/h6-8H,4-5H2,1-3H3,(H,17,19,22). The third-order valence-corrected chi connectivity index (χ3v) is 4.09. The number of carbonyl (C=O) groups excluding carboxylic acids is 1. The van der Waals surface area contributed by atoms with Crippen LogP contribution in [0, 0.1) is 6.92 Å². The van der Waals surface area contributed by atoms with Crippen molar-refractivity contribution in [3.63, 3.8) is 0 Å². The van der Waals surface area contributed by atoms with E-state index < -0.39 is 0 Å². The lowest BCUT2D eigenvalue weighted by molar-refractivity contribution is 0.102. The summed E-state index contributed by atoms with van der Waals surface area (Å²) in [6, 6.07) is 0. The van der Waals surface area contributed by atoms with Gasteiger partial charge in [-0.15, -0.1) is 10.2 Å². The third-order valence-electron chi connectivity index (χ3n) is 3.19. The molecule has 0 aromatic carbocycles. The van der Waals surface area contributed by atoms with Gasteiger partial charge >= 0.3 is 0 Å². The third kappa shape index (κ3) is 3.51. The summed E-state index contributed by atoms with van der Waals surface area (Å²) in [6.45, 7) is 2.81. The summed E-state index contributed by atoms with van der Waals surface area (Å²) in [4.78, 5) is 18.7. The van der Waals surface area contributed by atoms with Gasteiger partial charge in [-0.2, -0.15) is 5.10 Å². The molecule has 0 atom stereocenters. The first-order chi connectivity index (χ1) is 11.0. The summed E-state index contributed by atoms with van der Waals surface area (Å²) in [6.07, 6.45) is 5.84. The molecule has 3 heterocycles. The van der Waals surface area contributed by atoms with Crippen molar-refractivity contribution in [1.29, 1.82) is 0 Å². The number of aryl methyl sites for hydroxylation is 1. The highest BCUT2D eigenvalue weighted by Gasteiger charge is 2.16. The van der Waals surface area contributed by atoms with Crippen LogP contribution in [-0.2, 0) is 6.42 Å². The number of amides is 1. The van der Waals surface area contributed by atoms with Gasteiger partial charge in [0, 0.05) is 25.4 Å². The van der Waals surface area contributed by atoms with Gasteiger partial charge in [-0.3, -0.25) is 10.1 Å². The topological polar surface area (TPSA) is 88.3 Å². The first-order valence-corrected chi connectivity index (χ1v) is 7.93. The van der Waals surface area contributed by atoms with E-state index in [9.17, 15) is 4.79 Å². The van der Waals surface area contributed by atoms with Crippen molar-refractivity contribution in [1.82, 2.24) is 29.7 Å². The number of nitrogens with one attached hydrogen (secondary N) is 1. The van der Waals surface area contributed by atoms with Gasteiger partial charge in [-0.1, -0.05) is 11.3 Å². The van der Waals surface area contributed by atoms with Gasteiger partial charge in [0.15, 0.2) is 5.65 Å². The molecule has 0 bridgehead atoms. The maximum atomic E-state index is 12.4. The molecule has 0 saturated heterocycles. The molecule has 1 N–H and O–H groups in total. The highest BCUT2D eigenvalue weighted by atomic mass is 32.1. The van der Waals surface area contributed by atoms with Crippen molar-refractivity contribution in [3.8, 4) is 0 Å². The van der Waals surface area contributed by atoms with E-state index in [1.54, 1.807) is 10.7 Å². The van der Waals surface area contributed by atoms with Gasteiger partial charge in [0.2, 0.25) is 5.13 Å². The Hall–Kier alpha value is -2.39. The molecule has 3 aromatic rings. The molecule has 0 unspecified atom stereocenters. The van der Waals surface area contributed by atoms with Crippen molar-refractivity contribution in [2.45, 2.75) is 13.3 Å². The van der Waals surface area contributed by atoms with E-state index in [4.69, 9.17) is 0 Å². The second-order valence-electron chi connectivity index (χ2n) is 5.47. The highest BCUT2D eigenvalue weighted by Crippen LogP contribution is 2.18. The fraction of sp³-hybridized carbons (Fsp3) is 0.357. The monoisotopic (exact) mass is 331 g/mol. The van der Waals surface area contributed by atoms with Crippen LogP contribution in [0.3, 0.4) is 0 Å². The number of anilines is 1. The largest absolute Gasteiger partial charge is 0.309 e. The molecule has 3 rings (SSSR count). The van der Waals surface area contributed by atoms with Crippen molar-refractivity contribution < 1.29 is 4.79 Å². The van der Waals surface area contributed by atoms with E-state index in [0.717, 1.165) is 23.5 Å². The zero-order valence-electron chi connectivity index (χ0n) is 13.1. The number of rotatable bonds is 5. The molecular formula is C14H17N7OS. The lowest BCUT2D eigenvalue weighted by Crippen LogP contribution is -2.14. The molecular weight excluding hydrogens is 314 g/mol. The van der Waals surface area contributed by atoms with E-state index in [-0.39, 0.29) is 5.91 Å². The number of carbonyl (C=O) groups is 1. The van der Waals surface area contributed by atoms with Gasteiger partial charge < -0.3 is 4.90 Å². The summed E-state index contributed by atoms with van der Waals surface area (Å²) in [5.74, 6) is -0.285. The molecule has 0 aliphatic heterocycles. The molecule has 0 aliphatic rings. The Balaban J connectivity index is 1.73. The van der Waals surface area contributed by atoms with Crippen molar-refractivity contribution in [3.05, 3.63) is 34.7 Å². The molecule has 0 saturated carbocycles. The van der Waals surface area contributed by atoms with Crippen LogP contribution in [0.4, 0.5) is 5.13 Å². The summed E-state index contributed by atoms with van der Waals surface area (Å²) >= 11 is 1.38. The first kappa shape index (κ1) is 15.5. The number of aromatic nitrogens is 5. The molecule has 8 nitrogen and oxygen atoms in total. The number of fused-ring (bicyclic) bond motifs is 1. The Morgan fingerprint density at radius 3 is 2.96 bits per heavy atom. The van der Waals surface area contributed by atoms with E-state index in [2.05, 4.69) is 30.5 Å². The smallest absolute Gasteiger partial charge is 0.262 e. The van der Waals surface area contributed by atoms with Gasteiger partial charge in [0.25, 0.3) is 5.91 Å². The van der Waals surface area contributed by atoms with E-state index in [0.29, 0.717) is 16.3 Å². The highest BCUT2D eigenvalue weighted by molar-refractivity contribution is 7.15. The van der Waals surface area contributed by atoms with Crippen LogP contribution in [0.2, 0.25) is 0 Å². The predicted molar refractivity (Wildman–Crippen MR) is 87.8 cm³/mol. The van der Waals surface area contributed by atoms with E-state index >= 15 is 0 Å². The second-order valence-corrected chi connectivity index (χ2v) is 6.53. The van der Waals surface area contributed by atoms with E-state index in [1.165, 1.54) is 17.5 Å². The molecule has 0 radical (unpaired) electrons. The number of hydrogen-bond acceptors (Lipinski definition) is 7. The average molecular weight is 331 g/mol. The number of hydrogen-bond donors (Lipinski definition) is 1. The van der Waals surface area contributed by atoms with Crippen LogP contribution < -0.4 is 5.32 Å². The van der Waals surface area contributed by atoms with Crippen LogP contribution in [0.15, 0.2) is 18.6 Å². The van der Waals surface area contributed by atoms with Crippen LogP contribution in [0.25, 0.3) is 5.65 Å². The fourth-order valence-electron chi connectivity index (χ4n) is 2.02. The Kier molecular flexibility index (Phi) is 4.30. The molecule has 120 valence electrons. The van der Waals surface area contributed by atoms with Gasteiger partial charge in [-0.25, -0.2) is 9.50 Å². The normalized spacial score (nSPS) is 11.3.